The Kier molecular flexibility index (Phi) is 3.55. The van der Waals surface area contributed by atoms with Gasteiger partial charge in [-0.05, 0) is 47.9 Å². The summed E-state index contributed by atoms with van der Waals surface area (Å²) in [4.78, 5) is 4.49. The fraction of sp³-hybridized carbons (Fsp3) is 0.118. The second-order valence-electron chi connectivity index (χ2n) is 4.94. The predicted molar refractivity (Wildman–Crippen MR) is 86.7 cm³/mol. The second kappa shape index (κ2) is 5.35. The molecule has 0 radical (unpaired) electrons. The largest absolute Gasteiger partial charge is 0.320 e. The van der Waals surface area contributed by atoms with Crippen molar-refractivity contribution in [1.82, 2.24) is 4.98 Å². The van der Waals surface area contributed by atoms with Crippen LogP contribution in [0.5, 0.6) is 0 Å². The van der Waals surface area contributed by atoms with Crippen molar-refractivity contribution in [3.05, 3.63) is 75.9 Å². The molecular formula is C17H15BrN2. The SMILES string of the molecule is Cc1cc(Br)ccc1C(N)c1cnc2ccccc2c1. The molecule has 1 unspecified atom stereocenters. The lowest BCUT2D eigenvalue weighted by atomic mass is 9.96. The quantitative estimate of drug-likeness (QED) is 0.760. The summed E-state index contributed by atoms with van der Waals surface area (Å²) in [6.45, 7) is 2.08. The van der Waals surface area contributed by atoms with Gasteiger partial charge in [0.25, 0.3) is 0 Å². The molecule has 0 aliphatic carbocycles. The van der Waals surface area contributed by atoms with Gasteiger partial charge in [0.2, 0.25) is 0 Å². The molecule has 0 aliphatic heterocycles. The molecule has 0 saturated heterocycles. The zero-order valence-electron chi connectivity index (χ0n) is 11.2. The summed E-state index contributed by atoms with van der Waals surface area (Å²) in [7, 11) is 0. The third-order valence-electron chi connectivity index (χ3n) is 3.54. The highest BCUT2D eigenvalue weighted by molar-refractivity contribution is 9.10. The van der Waals surface area contributed by atoms with E-state index in [9.17, 15) is 0 Å². The summed E-state index contributed by atoms with van der Waals surface area (Å²) in [6, 6.07) is 16.2. The molecule has 20 heavy (non-hydrogen) atoms. The molecular weight excluding hydrogens is 312 g/mol. The first-order valence-electron chi connectivity index (χ1n) is 6.51. The number of aromatic nitrogens is 1. The summed E-state index contributed by atoms with van der Waals surface area (Å²) in [5, 5.41) is 1.12. The Morgan fingerprint density at radius 1 is 1.10 bits per heavy atom. The third-order valence-corrected chi connectivity index (χ3v) is 4.03. The van der Waals surface area contributed by atoms with Gasteiger partial charge in [-0.2, -0.15) is 0 Å². The lowest BCUT2D eigenvalue weighted by Gasteiger charge is -2.15. The number of nitrogens with zero attached hydrogens (tertiary/aromatic N) is 1. The number of hydrogen-bond donors (Lipinski definition) is 1. The van der Waals surface area contributed by atoms with E-state index in [0.717, 1.165) is 26.5 Å². The number of pyridine rings is 1. The predicted octanol–water partition coefficient (Wildman–Crippen LogP) is 4.35. The molecule has 1 aromatic heterocycles. The third kappa shape index (κ3) is 2.47. The van der Waals surface area contributed by atoms with E-state index >= 15 is 0 Å². The molecule has 0 aliphatic rings. The van der Waals surface area contributed by atoms with E-state index in [2.05, 4.69) is 52.1 Å². The molecule has 1 atom stereocenters. The van der Waals surface area contributed by atoms with Gasteiger partial charge in [0.15, 0.2) is 0 Å². The Bertz CT molecular complexity index is 768. The van der Waals surface area contributed by atoms with Crippen LogP contribution in [0.4, 0.5) is 0 Å². The van der Waals surface area contributed by atoms with Crippen LogP contribution in [-0.2, 0) is 0 Å². The zero-order chi connectivity index (χ0) is 14.1. The number of para-hydroxylation sites is 1. The van der Waals surface area contributed by atoms with Crippen LogP contribution in [-0.4, -0.2) is 4.98 Å². The standard InChI is InChI=1S/C17H15BrN2/c1-11-8-14(18)6-7-15(11)17(19)13-9-12-4-2-3-5-16(12)20-10-13/h2-10,17H,19H2,1H3. The van der Waals surface area contributed by atoms with Crippen LogP contribution in [0.3, 0.4) is 0 Å². The Morgan fingerprint density at radius 3 is 2.70 bits per heavy atom. The number of halogens is 1. The molecule has 0 bridgehead atoms. The highest BCUT2D eigenvalue weighted by atomic mass is 79.9. The molecule has 3 rings (SSSR count). The Labute approximate surface area is 126 Å². The summed E-state index contributed by atoms with van der Waals surface area (Å²) in [5.74, 6) is 0. The van der Waals surface area contributed by atoms with Crippen LogP contribution in [0.15, 0.2) is 59.2 Å². The first kappa shape index (κ1) is 13.3. The summed E-state index contributed by atoms with van der Waals surface area (Å²) >= 11 is 3.48. The van der Waals surface area contributed by atoms with Crippen LogP contribution >= 0.6 is 15.9 Å². The van der Waals surface area contributed by atoms with Crippen LogP contribution in [0.2, 0.25) is 0 Å². The van der Waals surface area contributed by atoms with Crippen molar-refractivity contribution in [2.24, 2.45) is 5.73 Å². The Hall–Kier alpha value is -1.71. The van der Waals surface area contributed by atoms with Crippen molar-refractivity contribution in [1.29, 1.82) is 0 Å². The van der Waals surface area contributed by atoms with E-state index in [1.807, 2.05) is 30.5 Å². The number of aryl methyl sites for hydroxylation is 1. The fourth-order valence-corrected chi connectivity index (χ4v) is 2.90. The minimum atomic E-state index is -0.153. The van der Waals surface area contributed by atoms with E-state index in [1.54, 1.807) is 0 Å². The average molecular weight is 327 g/mol. The summed E-state index contributed by atoms with van der Waals surface area (Å²) < 4.78 is 1.07. The maximum Gasteiger partial charge on any atom is 0.0702 e. The molecule has 2 aromatic carbocycles. The normalized spacial score (nSPS) is 12.6. The van der Waals surface area contributed by atoms with Gasteiger partial charge in [-0.25, -0.2) is 0 Å². The number of hydrogen-bond acceptors (Lipinski definition) is 2. The fourth-order valence-electron chi connectivity index (χ4n) is 2.43. The minimum Gasteiger partial charge on any atom is -0.320 e. The molecule has 0 amide bonds. The Morgan fingerprint density at radius 2 is 1.90 bits per heavy atom. The van der Waals surface area contributed by atoms with Crippen molar-refractivity contribution in [2.45, 2.75) is 13.0 Å². The second-order valence-corrected chi connectivity index (χ2v) is 5.86. The molecule has 2 N–H and O–H groups in total. The minimum absolute atomic E-state index is 0.153. The van der Waals surface area contributed by atoms with Crippen molar-refractivity contribution >= 4 is 26.8 Å². The van der Waals surface area contributed by atoms with E-state index < -0.39 is 0 Å². The Balaban J connectivity index is 2.05. The van der Waals surface area contributed by atoms with E-state index in [-0.39, 0.29) is 6.04 Å². The topological polar surface area (TPSA) is 38.9 Å². The number of fused-ring (bicyclic) bond motifs is 1. The lowest BCUT2D eigenvalue weighted by molar-refractivity contribution is 0.857. The monoisotopic (exact) mass is 326 g/mol. The molecule has 2 nitrogen and oxygen atoms in total. The van der Waals surface area contributed by atoms with Crippen LogP contribution in [0.1, 0.15) is 22.7 Å². The van der Waals surface area contributed by atoms with Crippen molar-refractivity contribution in [3.8, 4) is 0 Å². The first-order valence-corrected chi connectivity index (χ1v) is 7.31. The first-order chi connectivity index (χ1) is 9.65. The van der Waals surface area contributed by atoms with Crippen molar-refractivity contribution in [2.75, 3.05) is 0 Å². The number of rotatable bonds is 2. The van der Waals surface area contributed by atoms with Crippen molar-refractivity contribution in [3.63, 3.8) is 0 Å². The molecule has 0 spiro atoms. The van der Waals surface area contributed by atoms with E-state index in [4.69, 9.17) is 5.73 Å². The average Bonchev–Trinajstić information content (AvgIpc) is 2.46. The van der Waals surface area contributed by atoms with E-state index in [0.29, 0.717) is 0 Å². The van der Waals surface area contributed by atoms with Crippen LogP contribution in [0, 0.1) is 6.92 Å². The van der Waals surface area contributed by atoms with Gasteiger partial charge in [-0.3, -0.25) is 4.98 Å². The van der Waals surface area contributed by atoms with Crippen molar-refractivity contribution < 1.29 is 0 Å². The van der Waals surface area contributed by atoms with Gasteiger partial charge in [0, 0.05) is 16.1 Å². The maximum atomic E-state index is 6.40. The molecule has 0 fully saturated rings. The summed E-state index contributed by atoms with van der Waals surface area (Å²) in [6.07, 6.45) is 1.87. The molecule has 0 saturated carbocycles. The molecule has 3 heteroatoms. The van der Waals surface area contributed by atoms with Crippen LogP contribution in [0.25, 0.3) is 10.9 Å². The summed E-state index contributed by atoms with van der Waals surface area (Å²) in [5.41, 5.74) is 10.7. The molecule has 1 heterocycles. The van der Waals surface area contributed by atoms with Gasteiger partial charge >= 0.3 is 0 Å². The number of benzene rings is 2. The van der Waals surface area contributed by atoms with Gasteiger partial charge in [0.05, 0.1) is 11.6 Å². The van der Waals surface area contributed by atoms with Gasteiger partial charge in [0.1, 0.15) is 0 Å². The van der Waals surface area contributed by atoms with Crippen LogP contribution < -0.4 is 5.73 Å². The van der Waals surface area contributed by atoms with Gasteiger partial charge in [-0.15, -0.1) is 0 Å². The van der Waals surface area contributed by atoms with Gasteiger partial charge in [-0.1, -0.05) is 40.2 Å². The van der Waals surface area contributed by atoms with E-state index in [1.165, 1.54) is 5.56 Å². The number of nitrogens with two attached hydrogens (primary N) is 1. The molecule has 100 valence electrons. The smallest absolute Gasteiger partial charge is 0.0702 e. The zero-order valence-corrected chi connectivity index (χ0v) is 12.8. The molecule has 3 aromatic rings. The van der Waals surface area contributed by atoms with Gasteiger partial charge < -0.3 is 5.73 Å². The highest BCUT2D eigenvalue weighted by Crippen LogP contribution is 2.26. The lowest BCUT2D eigenvalue weighted by Crippen LogP contribution is -2.13. The highest BCUT2D eigenvalue weighted by Gasteiger charge is 2.12. The maximum absolute atomic E-state index is 6.40.